The molecule has 2 N–H and O–H groups in total. The Morgan fingerprint density at radius 3 is 2.59 bits per heavy atom. The molecule has 1 aliphatic carbocycles. The number of amides is 1. The van der Waals surface area contributed by atoms with E-state index in [9.17, 15) is 14.7 Å². The second-order valence-electron chi connectivity index (χ2n) is 6.55. The van der Waals surface area contributed by atoms with Gasteiger partial charge in [-0.15, -0.1) is 11.3 Å². The molecule has 0 radical (unpaired) electrons. The van der Waals surface area contributed by atoms with Gasteiger partial charge in [0.25, 0.3) is 0 Å². The Balaban J connectivity index is 1.57. The first-order chi connectivity index (χ1) is 13.1. The maximum atomic E-state index is 12.6. The number of carbonyl (C=O) groups excluding carboxylic acids is 1. The Bertz CT molecular complexity index is 1040. The van der Waals surface area contributed by atoms with Gasteiger partial charge in [-0.2, -0.15) is 0 Å². The molecule has 1 aromatic heterocycles. The maximum absolute atomic E-state index is 12.6. The number of allylic oxidation sites excluding steroid dienone is 2. The van der Waals surface area contributed by atoms with Crippen molar-refractivity contribution in [1.82, 2.24) is 4.98 Å². The number of carbonyl (C=O) groups is 2. The minimum absolute atomic E-state index is 0.287. The first kappa shape index (κ1) is 17.4. The third kappa shape index (κ3) is 3.48. The highest BCUT2D eigenvalue weighted by Gasteiger charge is 2.34. The summed E-state index contributed by atoms with van der Waals surface area (Å²) >= 11 is 1.35. The molecule has 0 saturated heterocycles. The molecule has 0 fully saturated rings. The molecule has 3 aromatic rings. The molecule has 5 nitrogen and oxygen atoms in total. The average molecular weight is 378 g/mol. The van der Waals surface area contributed by atoms with Crippen LogP contribution in [0.3, 0.4) is 0 Å². The summed E-state index contributed by atoms with van der Waals surface area (Å²) in [4.78, 5) is 28.6. The number of anilines is 1. The maximum Gasteiger partial charge on any atom is 0.307 e. The van der Waals surface area contributed by atoms with Crippen LogP contribution in [-0.2, 0) is 9.59 Å². The number of carboxylic acid groups (broad SMARTS) is 1. The molecule has 2 aromatic carbocycles. The van der Waals surface area contributed by atoms with Crippen LogP contribution >= 0.6 is 11.3 Å². The number of carboxylic acids is 1. The Hall–Kier alpha value is -2.99. The smallest absolute Gasteiger partial charge is 0.307 e. The van der Waals surface area contributed by atoms with Crippen molar-refractivity contribution >= 4 is 39.1 Å². The highest BCUT2D eigenvalue weighted by Crippen LogP contribution is 2.32. The van der Waals surface area contributed by atoms with Crippen molar-refractivity contribution in [2.45, 2.75) is 12.8 Å². The van der Waals surface area contributed by atoms with Crippen molar-refractivity contribution in [1.29, 1.82) is 0 Å². The topological polar surface area (TPSA) is 79.3 Å². The van der Waals surface area contributed by atoms with Crippen LogP contribution in [0.2, 0.25) is 0 Å². The standard InChI is InChI=1S/C21H18N2O3S/c24-19(16-9-3-4-10-17(16)20(25)26)23-21-22-18(12-27-21)15-11-5-7-13-6-1-2-8-14(13)15/h1-8,11-12,16-17H,9-10H2,(H,25,26)(H,22,23,24)/t16-,17+/m0/s1. The van der Waals surface area contributed by atoms with Crippen LogP contribution in [0.1, 0.15) is 12.8 Å². The normalized spacial score (nSPS) is 19.1. The van der Waals surface area contributed by atoms with Crippen molar-refractivity contribution in [2.75, 3.05) is 5.32 Å². The minimum atomic E-state index is -0.935. The number of fused-ring (bicyclic) bond motifs is 1. The van der Waals surface area contributed by atoms with E-state index in [0.29, 0.717) is 18.0 Å². The van der Waals surface area contributed by atoms with Crippen LogP contribution in [-0.4, -0.2) is 22.0 Å². The van der Waals surface area contributed by atoms with Gasteiger partial charge in [0.1, 0.15) is 0 Å². The summed E-state index contributed by atoms with van der Waals surface area (Å²) in [5.41, 5.74) is 1.80. The Labute approximate surface area is 160 Å². The van der Waals surface area contributed by atoms with Gasteiger partial charge in [0, 0.05) is 10.9 Å². The van der Waals surface area contributed by atoms with Gasteiger partial charge in [0.15, 0.2) is 5.13 Å². The summed E-state index contributed by atoms with van der Waals surface area (Å²) in [7, 11) is 0. The minimum Gasteiger partial charge on any atom is -0.481 e. The molecule has 6 heteroatoms. The number of nitrogens with zero attached hydrogens (tertiary/aromatic N) is 1. The number of aromatic nitrogens is 1. The number of hydrogen-bond donors (Lipinski definition) is 2. The summed E-state index contributed by atoms with van der Waals surface area (Å²) < 4.78 is 0. The number of thiazole rings is 1. The molecule has 1 aliphatic rings. The van der Waals surface area contributed by atoms with Crippen LogP contribution in [0.25, 0.3) is 22.0 Å². The molecule has 1 heterocycles. The number of hydrogen-bond acceptors (Lipinski definition) is 4. The molecular formula is C21H18N2O3S. The van der Waals surface area contributed by atoms with E-state index in [0.717, 1.165) is 22.0 Å². The number of benzene rings is 2. The lowest BCUT2D eigenvalue weighted by atomic mass is 9.82. The van der Waals surface area contributed by atoms with Crippen molar-refractivity contribution in [3.05, 3.63) is 60.0 Å². The summed E-state index contributed by atoms with van der Waals surface area (Å²) in [6.07, 6.45) is 4.51. The second kappa shape index (κ2) is 7.32. The SMILES string of the molecule is O=C(Nc1nc(-c2cccc3ccccc23)cs1)[C@H]1CC=CC[C@H]1C(=O)O. The lowest BCUT2D eigenvalue weighted by molar-refractivity contribution is -0.146. The molecule has 4 rings (SSSR count). The molecular weight excluding hydrogens is 360 g/mol. The quantitative estimate of drug-likeness (QED) is 0.652. The largest absolute Gasteiger partial charge is 0.481 e. The number of nitrogens with one attached hydrogen (secondary N) is 1. The zero-order valence-electron chi connectivity index (χ0n) is 14.5. The zero-order valence-corrected chi connectivity index (χ0v) is 15.3. The van der Waals surface area contributed by atoms with E-state index in [1.165, 1.54) is 11.3 Å². The van der Waals surface area contributed by atoms with Crippen molar-refractivity contribution < 1.29 is 14.7 Å². The molecule has 0 aliphatic heterocycles. The van der Waals surface area contributed by atoms with E-state index in [2.05, 4.69) is 22.4 Å². The van der Waals surface area contributed by atoms with Crippen molar-refractivity contribution in [3.8, 4) is 11.3 Å². The molecule has 0 saturated carbocycles. The molecule has 0 bridgehead atoms. The van der Waals surface area contributed by atoms with Gasteiger partial charge < -0.3 is 10.4 Å². The Kier molecular flexibility index (Phi) is 4.73. The average Bonchev–Trinajstić information content (AvgIpc) is 3.15. The molecule has 27 heavy (non-hydrogen) atoms. The molecule has 0 spiro atoms. The van der Waals surface area contributed by atoms with E-state index >= 15 is 0 Å². The summed E-state index contributed by atoms with van der Waals surface area (Å²) in [5, 5.41) is 16.8. The van der Waals surface area contributed by atoms with Gasteiger partial charge in [-0.25, -0.2) is 4.98 Å². The highest BCUT2D eigenvalue weighted by molar-refractivity contribution is 7.14. The van der Waals surface area contributed by atoms with E-state index in [-0.39, 0.29) is 5.91 Å². The molecule has 2 atom stereocenters. The third-order valence-corrected chi connectivity index (χ3v) is 5.64. The van der Waals surface area contributed by atoms with Gasteiger partial charge in [-0.3, -0.25) is 9.59 Å². The third-order valence-electron chi connectivity index (χ3n) is 4.89. The summed E-state index contributed by atoms with van der Waals surface area (Å²) in [6.45, 7) is 0. The predicted octanol–water partition coefficient (Wildman–Crippen LogP) is 4.57. The molecule has 1 amide bonds. The Morgan fingerprint density at radius 1 is 1.04 bits per heavy atom. The van der Waals surface area contributed by atoms with Crippen LogP contribution in [0.15, 0.2) is 60.0 Å². The lowest BCUT2D eigenvalue weighted by Crippen LogP contribution is -2.34. The molecule has 0 unspecified atom stereocenters. The van der Waals surface area contributed by atoms with E-state index in [1.54, 1.807) is 0 Å². The Morgan fingerprint density at radius 2 is 1.78 bits per heavy atom. The van der Waals surface area contributed by atoms with Gasteiger partial charge in [0.2, 0.25) is 5.91 Å². The fourth-order valence-electron chi connectivity index (χ4n) is 3.48. The van der Waals surface area contributed by atoms with Gasteiger partial charge in [-0.1, -0.05) is 54.6 Å². The monoisotopic (exact) mass is 378 g/mol. The van der Waals surface area contributed by atoms with Crippen molar-refractivity contribution in [2.24, 2.45) is 11.8 Å². The number of rotatable bonds is 4. The van der Waals surface area contributed by atoms with E-state index in [4.69, 9.17) is 0 Å². The van der Waals surface area contributed by atoms with Crippen LogP contribution in [0.4, 0.5) is 5.13 Å². The van der Waals surface area contributed by atoms with Gasteiger partial charge in [0.05, 0.1) is 17.5 Å². The first-order valence-corrected chi connectivity index (χ1v) is 9.64. The van der Waals surface area contributed by atoms with Crippen molar-refractivity contribution in [3.63, 3.8) is 0 Å². The summed E-state index contributed by atoms with van der Waals surface area (Å²) in [6, 6.07) is 14.1. The fraction of sp³-hybridized carbons (Fsp3) is 0.190. The van der Waals surface area contributed by atoms with Crippen LogP contribution in [0, 0.1) is 11.8 Å². The lowest BCUT2D eigenvalue weighted by Gasteiger charge is -2.23. The zero-order chi connectivity index (χ0) is 18.8. The second-order valence-corrected chi connectivity index (χ2v) is 7.41. The molecule has 136 valence electrons. The highest BCUT2D eigenvalue weighted by atomic mass is 32.1. The summed E-state index contributed by atoms with van der Waals surface area (Å²) in [5.74, 6) is -2.48. The van der Waals surface area contributed by atoms with Crippen LogP contribution in [0.5, 0.6) is 0 Å². The van der Waals surface area contributed by atoms with E-state index in [1.807, 2.05) is 47.9 Å². The number of aliphatic carboxylic acids is 1. The van der Waals surface area contributed by atoms with E-state index < -0.39 is 17.8 Å². The van der Waals surface area contributed by atoms with Crippen LogP contribution < -0.4 is 5.32 Å². The predicted molar refractivity (Wildman–Crippen MR) is 107 cm³/mol. The van der Waals surface area contributed by atoms with Gasteiger partial charge >= 0.3 is 5.97 Å². The fourth-order valence-corrected chi connectivity index (χ4v) is 4.19. The van der Waals surface area contributed by atoms with Gasteiger partial charge in [-0.05, 0) is 23.6 Å². The first-order valence-electron chi connectivity index (χ1n) is 8.76.